The SMILES string of the molecule is Cc1cccc(N(CCO)Cc2ccccc2)c1[N+](=O)[O-]. The van der Waals surface area contributed by atoms with Crippen molar-refractivity contribution in [1.29, 1.82) is 0 Å². The second kappa shape index (κ2) is 6.85. The van der Waals surface area contributed by atoms with Crippen LogP contribution < -0.4 is 4.90 Å². The fraction of sp³-hybridized carbons (Fsp3) is 0.250. The number of benzene rings is 2. The number of nitro benzene ring substituents is 1. The Morgan fingerprint density at radius 2 is 1.86 bits per heavy atom. The molecule has 1 N–H and O–H groups in total. The van der Waals surface area contributed by atoms with Gasteiger partial charge in [0.2, 0.25) is 0 Å². The summed E-state index contributed by atoms with van der Waals surface area (Å²) in [5.41, 5.74) is 2.30. The van der Waals surface area contributed by atoms with E-state index in [4.69, 9.17) is 0 Å². The second-order valence-electron chi connectivity index (χ2n) is 4.83. The summed E-state index contributed by atoms with van der Waals surface area (Å²) in [5, 5.41) is 20.6. The Morgan fingerprint density at radius 3 is 2.48 bits per heavy atom. The van der Waals surface area contributed by atoms with Crippen molar-refractivity contribution in [3.63, 3.8) is 0 Å². The van der Waals surface area contributed by atoms with Crippen LogP contribution in [-0.2, 0) is 6.54 Å². The molecule has 0 aromatic heterocycles. The first-order valence-electron chi connectivity index (χ1n) is 6.77. The molecule has 0 aliphatic heterocycles. The largest absolute Gasteiger partial charge is 0.395 e. The molecular formula is C16H18N2O3. The highest BCUT2D eigenvalue weighted by atomic mass is 16.6. The predicted octanol–water partition coefficient (Wildman–Crippen LogP) is 2.90. The molecule has 0 fully saturated rings. The fourth-order valence-electron chi connectivity index (χ4n) is 2.35. The standard InChI is InChI=1S/C16H18N2O3/c1-13-6-5-9-15(16(13)18(20)21)17(10-11-19)12-14-7-3-2-4-8-14/h2-9,19H,10-12H2,1H3. The highest BCUT2D eigenvalue weighted by Gasteiger charge is 2.21. The second-order valence-corrected chi connectivity index (χ2v) is 4.83. The number of rotatable bonds is 6. The highest BCUT2D eigenvalue weighted by molar-refractivity contribution is 5.66. The molecule has 0 heterocycles. The summed E-state index contributed by atoms with van der Waals surface area (Å²) in [6, 6.07) is 15.0. The van der Waals surface area contributed by atoms with Crippen LogP contribution in [0.5, 0.6) is 0 Å². The van der Waals surface area contributed by atoms with Crippen molar-refractivity contribution in [1.82, 2.24) is 0 Å². The molecule has 2 aromatic carbocycles. The zero-order valence-electron chi connectivity index (χ0n) is 11.9. The van der Waals surface area contributed by atoms with Crippen molar-refractivity contribution in [2.75, 3.05) is 18.1 Å². The van der Waals surface area contributed by atoms with E-state index in [1.54, 1.807) is 25.1 Å². The fourth-order valence-corrected chi connectivity index (χ4v) is 2.35. The highest BCUT2D eigenvalue weighted by Crippen LogP contribution is 2.32. The summed E-state index contributed by atoms with van der Waals surface area (Å²) in [5.74, 6) is 0. The molecule has 0 atom stereocenters. The lowest BCUT2D eigenvalue weighted by atomic mass is 10.1. The Balaban J connectivity index is 2.39. The predicted molar refractivity (Wildman–Crippen MR) is 82.4 cm³/mol. The average molecular weight is 286 g/mol. The van der Waals surface area contributed by atoms with Crippen LogP contribution in [0.25, 0.3) is 0 Å². The Labute approximate surface area is 123 Å². The Morgan fingerprint density at radius 1 is 1.14 bits per heavy atom. The molecule has 0 aliphatic rings. The van der Waals surface area contributed by atoms with Gasteiger partial charge in [-0.05, 0) is 18.6 Å². The van der Waals surface area contributed by atoms with Crippen LogP contribution in [0.3, 0.4) is 0 Å². The number of aliphatic hydroxyl groups is 1. The molecule has 5 heteroatoms. The number of hydrogen-bond donors (Lipinski definition) is 1. The maximum Gasteiger partial charge on any atom is 0.295 e. The van der Waals surface area contributed by atoms with E-state index < -0.39 is 0 Å². The van der Waals surface area contributed by atoms with Gasteiger partial charge < -0.3 is 10.0 Å². The first-order valence-corrected chi connectivity index (χ1v) is 6.77. The summed E-state index contributed by atoms with van der Waals surface area (Å²) >= 11 is 0. The molecule has 2 rings (SSSR count). The van der Waals surface area contributed by atoms with Crippen LogP contribution in [0.4, 0.5) is 11.4 Å². The summed E-state index contributed by atoms with van der Waals surface area (Å²) < 4.78 is 0. The van der Waals surface area contributed by atoms with E-state index in [1.807, 2.05) is 35.2 Å². The van der Waals surface area contributed by atoms with Gasteiger partial charge in [-0.2, -0.15) is 0 Å². The third-order valence-electron chi connectivity index (χ3n) is 3.33. The first-order chi connectivity index (χ1) is 10.1. The van der Waals surface area contributed by atoms with E-state index in [0.717, 1.165) is 5.56 Å². The van der Waals surface area contributed by atoms with Crippen molar-refractivity contribution >= 4 is 11.4 Å². The van der Waals surface area contributed by atoms with Crippen molar-refractivity contribution in [2.24, 2.45) is 0 Å². The summed E-state index contributed by atoms with van der Waals surface area (Å²) in [7, 11) is 0. The van der Waals surface area contributed by atoms with Gasteiger partial charge in [-0.3, -0.25) is 10.1 Å². The van der Waals surface area contributed by atoms with Gasteiger partial charge in [-0.1, -0.05) is 42.5 Å². The van der Waals surface area contributed by atoms with Crippen molar-refractivity contribution in [3.05, 3.63) is 69.8 Å². The monoisotopic (exact) mass is 286 g/mol. The molecule has 110 valence electrons. The smallest absolute Gasteiger partial charge is 0.295 e. The number of nitro groups is 1. The lowest BCUT2D eigenvalue weighted by Crippen LogP contribution is -2.27. The molecule has 0 spiro atoms. The topological polar surface area (TPSA) is 66.6 Å². The van der Waals surface area contributed by atoms with Gasteiger partial charge in [0.1, 0.15) is 5.69 Å². The Bertz CT molecular complexity index is 614. The zero-order valence-corrected chi connectivity index (χ0v) is 11.9. The van der Waals surface area contributed by atoms with E-state index in [1.165, 1.54) is 0 Å². The van der Waals surface area contributed by atoms with Gasteiger partial charge in [0.25, 0.3) is 5.69 Å². The number of aryl methyl sites for hydroxylation is 1. The van der Waals surface area contributed by atoms with Gasteiger partial charge in [-0.15, -0.1) is 0 Å². The van der Waals surface area contributed by atoms with Crippen LogP contribution in [0.1, 0.15) is 11.1 Å². The lowest BCUT2D eigenvalue weighted by molar-refractivity contribution is -0.384. The Kier molecular flexibility index (Phi) is 4.90. The molecule has 2 aromatic rings. The van der Waals surface area contributed by atoms with E-state index in [2.05, 4.69) is 0 Å². The normalized spacial score (nSPS) is 10.4. The van der Waals surface area contributed by atoms with Gasteiger partial charge in [0.05, 0.1) is 11.5 Å². The van der Waals surface area contributed by atoms with Gasteiger partial charge >= 0.3 is 0 Å². The molecule has 21 heavy (non-hydrogen) atoms. The summed E-state index contributed by atoms with van der Waals surface area (Å²) in [6.07, 6.45) is 0. The molecule has 0 unspecified atom stereocenters. The zero-order chi connectivity index (χ0) is 15.2. The van der Waals surface area contributed by atoms with Gasteiger partial charge in [0, 0.05) is 18.7 Å². The first kappa shape index (κ1) is 15.0. The number of nitrogens with zero attached hydrogens (tertiary/aromatic N) is 2. The third-order valence-corrected chi connectivity index (χ3v) is 3.33. The maximum atomic E-state index is 11.3. The maximum absolute atomic E-state index is 11.3. The number of hydrogen-bond acceptors (Lipinski definition) is 4. The minimum absolute atomic E-state index is 0.0576. The molecular weight excluding hydrogens is 268 g/mol. The van der Waals surface area contributed by atoms with Gasteiger partial charge in [-0.25, -0.2) is 0 Å². The summed E-state index contributed by atoms with van der Waals surface area (Å²) in [6.45, 7) is 2.53. The van der Waals surface area contributed by atoms with E-state index in [-0.39, 0.29) is 17.2 Å². The summed E-state index contributed by atoms with van der Waals surface area (Å²) in [4.78, 5) is 12.8. The number of para-hydroxylation sites is 1. The minimum Gasteiger partial charge on any atom is -0.395 e. The molecule has 0 radical (unpaired) electrons. The number of anilines is 1. The van der Waals surface area contributed by atoms with E-state index >= 15 is 0 Å². The van der Waals surface area contributed by atoms with Gasteiger partial charge in [0.15, 0.2) is 0 Å². The lowest BCUT2D eigenvalue weighted by Gasteiger charge is -2.24. The molecule has 0 amide bonds. The number of aliphatic hydroxyl groups excluding tert-OH is 1. The average Bonchev–Trinajstić information content (AvgIpc) is 2.47. The van der Waals surface area contributed by atoms with Crippen LogP contribution in [0, 0.1) is 17.0 Å². The van der Waals surface area contributed by atoms with Crippen LogP contribution >= 0.6 is 0 Å². The quantitative estimate of drug-likeness (QED) is 0.655. The van der Waals surface area contributed by atoms with E-state index in [9.17, 15) is 15.2 Å². The van der Waals surface area contributed by atoms with Crippen LogP contribution in [0.2, 0.25) is 0 Å². The van der Waals surface area contributed by atoms with E-state index in [0.29, 0.717) is 24.3 Å². The van der Waals surface area contributed by atoms with Crippen LogP contribution in [-0.4, -0.2) is 23.2 Å². The van der Waals surface area contributed by atoms with Crippen molar-refractivity contribution in [2.45, 2.75) is 13.5 Å². The Hall–Kier alpha value is -2.40. The molecule has 0 saturated heterocycles. The molecule has 5 nitrogen and oxygen atoms in total. The molecule has 0 aliphatic carbocycles. The molecule has 0 bridgehead atoms. The van der Waals surface area contributed by atoms with Crippen molar-refractivity contribution < 1.29 is 10.0 Å². The molecule has 0 saturated carbocycles. The van der Waals surface area contributed by atoms with Crippen molar-refractivity contribution in [3.8, 4) is 0 Å². The third kappa shape index (κ3) is 3.58. The van der Waals surface area contributed by atoms with Crippen LogP contribution in [0.15, 0.2) is 48.5 Å². The minimum atomic E-state index is -0.361.